The summed E-state index contributed by atoms with van der Waals surface area (Å²) in [6, 6.07) is 11.1. The van der Waals surface area contributed by atoms with Gasteiger partial charge in [-0.1, -0.05) is 18.2 Å². The average Bonchev–Trinajstić information content (AvgIpc) is 2.97. The van der Waals surface area contributed by atoms with Crippen LogP contribution in [0.15, 0.2) is 53.3 Å². The molecule has 1 aromatic carbocycles. The SMILES string of the molecule is O=C(Cn1cc2ccccc2n1)c1ccco1. The smallest absolute Gasteiger partial charge is 0.219 e. The second-order valence-corrected chi connectivity index (χ2v) is 3.79. The average molecular weight is 226 g/mol. The molecule has 4 heteroatoms. The van der Waals surface area contributed by atoms with E-state index in [1.165, 1.54) is 6.26 Å². The number of fused-ring (bicyclic) bond motifs is 1. The predicted molar refractivity (Wildman–Crippen MR) is 62.8 cm³/mol. The molecule has 0 saturated heterocycles. The molecule has 0 spiro atoms. The van der Waals surface area contributed by atoms with Gasteiger partial charge >= 0.3 is 0 Å². The monoisotopic (exact) mass is 226 g/mol. The fourth-order valence-corrected chi connectivity index (χ4v) is 1.76. The molecule has 0 atom stereocenters. The zero-order chi connectivity index (χ0) is 11.7. The maximum atomic E-state index is 11.8. The third-order valence-electron chi connectivity index (χ3n) is 2.56. The molecule has 0 unspecified atom stereocenters. The summed E-state index contributed by atoms with van der Waals surface area (Å²) in [5, 5.41) is 5.34. The van der Waals surface area contributed by atoms with Crippen LogP contribution in [0.5, 0.6) is 0 Å². The molecule has 0 amide bonds. The van der Waals surface area contributed by atoms with Crippen LogP contribution in [-0.2, 0) is 6.54 Å². The van der Waals surface area contributed by atoms with Crippen molar-refractivity contribution in [3.05, 3.63) is 54.6 Å². The van der Waals surface area contributed by atoms with Gasteiger partial charge in [0.2, 0.25) is 5.78 Å². The number of aromatic nitrogens is 2. The summed E-state index contributed by atoms with van der Waals surface area (Å²) in [6.07, 6.45) is 3.35. The van der Waals surface area contributed by atoms with Gasteiger partial charge in [0.1, 0.15) is 6.54 Å². The summed E-state index contributed by atoms with van der Waals surface area (Å²) < 4.78 is 6.69. The fourth-order valence-electron chi connectivity index (χ4n) is 1.76. The molecule has 3 rings (SSSR count). The first-order valence-corrected chi connectivity index (χ1v) is 5.32. The van der Waals surface area contributed by atoms with Gasteiger partial charge in [-0.05, 0) is 18.2 Å². The number of carbonyl (C=O) groups is 1. The van der Waals surface area contributed by atoms with Crippen LogP contribution in [-0.4, -0.2) is 15.6 Å². The Kier molecular flexibility index (Phi) is 2.26. The van der Waals surface area contributed by atoms with E-state index in [9.17, 15) is 4.79 Å². The number of ketones is 1. The summed E-state index contributed by atoms with van der Waals surface area (Å²) in [5.74, 6) is 0.285. The first-order valence-electron chi connectivity index (χ1n) is 5.32. The van der Waals surface area contributed by atoms with E-state index in [-0.39, 0.29) is 12.3 Å². The molecule has 2 heterocycles. The van der Waals surface area contributed by atoms with Crippen molar-refractivity contribution < 1.29 is 9.21 Å². The summed E-state index contributed by atoms with van der Waals surface area (Å²) in [7, 11) is 0. The topological polar surface area (TPSA) is 48.0 Å². The van der Waals surface area contributed by atoms with E-state index >= 15 is 0 Å². The van der Waals surface area contributed by atoms with Crippen molar-refractivity contribution in [1.29, 1.82) is 0 Å². The Bertz CT molecular complexity index is 620. The molecule has 0 aliphatic heterocycles. The van der Waals surface area contributed by atoms with Gasteiger partial charge < -0.3 is 4.42 Å². The van der Waals surface area contributed by atoms with E-state index in [0.29, 0.717) is 5.76 Å². The van der Waals surface area contributed by atoms with Crippen LogP contribution in [0.4, 0.5) is 0 Å². The van der Waals surface area contributed by atoms with Crippen molar-refractivity contribution in [3.63, 3.8) is 0 Å². The van der Waals surface area contributed by atoms with Crippen LogP contribution >= 0.6 is 0 Å². The fraction of sp³-hybridized carbons (Fsp3) is 0.0769. The highest BCUT2D eigenvalue weighted by Gasteiger charge is 2.10. The zero-order valence-electron chi connectivity index (χ0n) is 9.04. The number of benzene rings is 1. The van der Waals surface area contributed by atoms with Gasteiger partial charge in [-0.25, -0.2) is 0 Å². The van der Waals surface area contributed by atoms with Crippen LogP contribution in [0.2, 0.25) is 0 Å². The lowest BCUT2D eigenvalue weighted by Crippen LogP contribution is -2.09. The summed E-state index contributed by atoms with van der Waals surface area (Å²) >= 11 is 0. The Morgan fingerprint density at radius 1 is 1.24 bits per heavy atom. The molecule has 4 nitrogen and oxygen atoms in total. The molecular weight excluding hydrogens is 216 g/mol. The first-order chi connectivity index (χ1) is 8.33. The number of hydrogen-bond donors (Lipinski definition) is 0. The van der Waals surface area contributed by atoms with E-state index in [1.54, 1.807) is 16.8 Å². The van der Waals surface area contributed by atoms with Gasteiger partial charge in [-0.3, -0.25) is 9.48 Å². The zero-order valence-corrected chi connectivity index (χ0v) is 9.04. The van der Waals surface area contributed by atoms with E-state index in [0.717, 1.165) is 10.9 Å². The summed E-state index contributed by atoms with van der Waals surface area (Å²) in [4.78, 5) is 11.8. The van der Waals surface area contributed by atoms with E-state index in [1.807, 2.05) is 30.5 Å². The number of carbonyl (C=O) groups excluding carboxylic acids is 1. The second kappa shape index (κ2) is 3.90. The van der Waals surface area contributed by atoms with E-state index in [2.05, 4.69) is 5.10 Å². The van der Waals surface area contributed by atoms with Crippen molar-refractivity contribution >= 4 is 16.7 Å². The Balaban J connectivity index is 1.88. The van der Waals surface area contributed by atoms with Gasteiger partial charge in [-0.2, -0.15) is 5.10 Å². The maximum absolute atomic E-state index is 11.8. The highest BCUT2D eigenvalue weighted by Crippen LogP contribution is 2.11. The third-order valence-corrected chi connectivity index (χ3v) is 2.56. The van der Waals surface area contributed by atoms with Crippen LogP contribution in [0.3, 0.4) is 0 Å². The lowest BCUT2D eigenvalue weighted by atomic mass is 10.3. The Morgan fingerprint density at radius 2 is 2.12 bits per heavy atom. The minimum atomic E-state index is -0.0807. The number of hydrogen-bond acceptors (Lipinski definition) is 3. The first kappa shape index (κ1) is 9.84. The molecule has 0 fully saturated rings. The van der Waals surface area contributed by atoms with Gasteiger partial charge in [0.05, 0.1) is 11.8 Å². The van der Waals surface area contributed by atoms with Crippen molar-refractivity contribution in [2.75, 3.05) is 0 Å². The minimum Gasteiger partial charge on any atom is -0.461 e. The van der Waals surface area contributed by atoms with E-state index < -0.39 is 0 Å². The van der Waals surface area contributed by atoms with Crippen LogP contribution in [0.1, 0.15) is 10.6 Å². The molecule has 2 aromatic heterocycles. The Hall–Kier alpha value is -2.36. The third kappa shape index (κ3) is 1.85. The van der Waals surface area contributed by atoms with Crippen LogP contribution in [0, 0.1) is 0 Å². The van der Waals surface area contributed by atoms with Gasteiger partial charge in [0.25, 0.3) is 0 Å². The standard InChI is InChI=1S/C13H10N2O2/c16-12(13-6-3-7-17-13)9-15-8-10-4-1-2-5-11(10)14-15/h1-8H,9H2. The van der Waals surface area contributed by atoms with Crippen molar-refractivity contribution in [1.82, 2.24) is 9.78 Å². The summed E-state index contributed by atoms with van der Waals surface area (Å²) in [6.45, 7) is 0.197. The molecular formula is C13H10N2O2. The molecule has 0 aliphatic carbocycles. The summed E-state index contributed by atoms with van der Waals surface area (Å²) in [5.41, 5.74) is 0.889. The van der Waals surface area contributed by atoms with Crippen molar-refractivity contribution in [2.45, 2.75) is 6.54 Å². The lowest BCUT2D eigenvalue weighted by Gasteiger charge is -1.97. The number of rotatable bonds is 3. The molecule has 0 radical (unpaired) electrons. The molecule has 0 N–H and O–H groups in total. The molecule has 84 valence electrons. The predicted octanol–water partition coefficient (Wildman–Crippen LogP) is 2.51. The lowest BCUT2D eigenvalue weighted by molar-refractivity contribution is 0.0941. The minimum absolute atomic E-state index is 0.0807. The van der Waals surface area contributed by atoms with Gasteiger partial charge in [0.15, 0.2) is 5.76 Å². The maximum Gasteiger partial charge on any atom is 0.219 e. The van der Waals surface area contributed by atoms with Crippen LogP contribution in [0.25, 0.3) is 10.9 Å². The second-order valence-electron chi connectivity index (χ2n) is 3.79. The van der Waals surface area contributed by atoms with Gasteiger partial charge in [-0.15, -0.1) is 0 Å². The van der Waals surface area contributed by atoms with Gasteiger partial charge in [0, 0.05) is 11.6 Å². The highest BCUT2D eigenvalue weighted by atomic mass is 16.3. The normalized spacial score (nSPS) is 10.8. The Morgan fingerprint density at radius 3 is 2.88 bits per heavy atom. The number of nitrogens with zero attached hydrogens (tertiary/aromatic N) is 2. The molecule has 0 bridgehead atoms. The highest BCUT2D eigenvalue weighted by molar-refractivity contribution is 5.93. The molecule has 0 aliphatic rings. The van der Waals surface area contributed by atoms with Crippen molar-refractivity contribution in [3.8, 4) is 0 Å². The number of Topliss-reactive ketones (excluding diaryl/α,β-unsaturated/α-hetero) is 1. The largest absolute Gasteiger partial charge is 0.461 e. The molecule has 17 heavy (non-hydrogen) atoms. The quantitative estimate of drug-likeness (QED) is 0.645. The Labute approximate surface area is 97.5 Å². The molecule has 0 saturated carbocycles. The van der Waals surface area contributed by atoms with Crippen LogP contribution < -0.4 is 0 Å². The van der Waals surface area contributed by atoms with Crippen molar-refractivity contribution in [2.24, 2.45) is 0 Å². The number of furan rings is 1. The molecule has 3 aromatic rings. The van der Waals surface area contributed by atoms with E-state index in [4.69, 9.17) is 4.42 Å².